The number of nitrogens with one attached hydrogen (secondary N) is 1. The third-order valence-electron chi connectivity index (χ3n) is 3.46. The second-order valence-corrected chi connectivity index (χ2v) is 6.44. The molecule has 0 fully saturated rings. The Hall–Kier alpha value is -2.61. The molecule has 0 aliphatic heterocycles. The number of urea groups is 1. The van der Waals surface area contributed by atoms with E-state index in [0.717, 1.165) is 0 Å². The lowest BCUT2D eigenvalue weighted by Crippen LogP contribution is -2.39. The molecule has 8 heteroatoms. The molecule has 1 N–H and O–H groups in total. The fourth-order valence-electron chi connectivity index (χ4n) is 2.11. The minimum absolute atomic E-state index is 0.0453. The van der Waals surface area contributed by atoms with Gasteiger partial charge >= 0.3 is 12.0 Å². The van der Waals surface area contributed by atoms with Gasteiger partial charge in [0.1, 0.15) is 10.8 Å². The van der Waals surface area contributed by atoms with E-state index < -0.39 is 5.97 Å². The molecule has 7 nitrogen and oxygen atoms in total. The molecule has 0 aliphatic carbocycles. The third kappa shape index (κ3) is 4.93. The monoisotopic (exact) mass is 363 g/mol. The van der Waals surface area contributed by atoms with Crippen LogP contribution in [0.3, 0.4) is 0 Å². The molecule has 0 aliphatic rings. The number of rotatable bonds is 6. The van der Waals surface area contributed by atoms with Gasteiger partial charge in [-0.1, -0.05) is 6.07 Å². The van der Waals surface area contributed by atoms with Gasteiger partial charge in [-0.2, -0.15) is 0 Å². The highest BCUT2D eigenvalue weighted by molar-refractivity contribution is 7.09. The van der Waals surface area contributed by atoms with Gasteiger partial charge in [-0.3, -0.25) is 0 Å². The smallest absolute Gasteiger partial charge is 0.357 e. The molecule has 0 bridgehead atoms. The van der Waals surface area contributed by atoms with Crippen molar-refractivity contribution in [3.8, 4) is 5.75 Å². The van der Waals surface area contributed by atoms with Crippen LogP contribution in [0.5, 0.6) is 5.75 Å². The van der Waals surface area contributed by atoms with E-state index in [4.69, 9.17) is 4.74 Å². The average molecular weight is 363 g/mol. The van der Waals surface area contributed by atoms with Crippen LogP contribution in [-0.4, -0.2) is 42.1 Å². The van der Waals surface area contributed by atoms with Crippen molar-refractivity contribution in [3.05, 3.63) is 40.3 Å². The Kier molecular flexibility index (Phi) is 6.35. The molecule has 0 saturated carbocycles. The molecule has 2 aromatic rings. The number of methoxy groups -OCH3 is 2. The lowest BCUT2D eigenvalue weighted by molar-refractivity contribution is 0.0594. The van der Waals surface area contributed by atoms with Gasteiger partial charge < -0.3 is 19.7 Å². The Bertz CT molecular complexity index is 745. The van der Waals surface area contributed by atoms with Crippen molar-refractivity contribution in [2.45, 2.75) is 26.4 Å². The first-order valence-electron chi connectivity index (χ1n) is 7.69. The number of benzene rings is 1. The summed E-state index contributed by atoms with van der Waals surface area (Å²) in [5.41, 5.74) is 0.892. The highest BCUT2D eigenvalue weighted by Gasteiger charge is 2.20. The molecular formula is C17H21N3O4S. The molecule has 0 saturated heterocycles. The van der Waals surface area contributed by atoms with Crippen LogP contribution in [0.25, 0.3) is 0 Å². The van der Waals surface area contributed by atoms with Crippen LogP contribution in [0.4, 0.5) is 10.5 Å². The molecule has 0 spiro atoms. The quantitative estimate of drug-likeness (QED) is 0.796. The first kappa shape index (κ1) is 18.7. The van der Waals surface area contributed by atoms with E-state index in [1.807, 2.05) is 13.8 Å². The fraction of sp³-hybridized carbons (Fsp3) is 0.353. The Morgan fingerprint density at radius 2 is 2.08 bits per heavy atom. The van der Waals surface area contributed by atoms with E-state index in [9.17, 15) is 9.59 Å². The molecular weight excluding hydrogens is 342 g/mol. The number of hydrogen-bond donors (Lipinski definition) is 1. The number of nitrogens with zero attached hydrogens (tertiary/aromatic N) is 2. The van der Waals surface area contributed by atoms with Gasteiger partial charge in [-0.15, -0.1) is 11.3 Å². The predicted molar refractivity (Wildman–Crippen MR) is 96.1 cm³/mol. The van der Waals surface area contributed by atoms with Crippen molar-refractivity contribution in [2.24, 2.45) is 0 Å². The van der Waals surface area contributed by atoms with Crippen LogP contribution < -0.4 is 10.1 Å². The summed E-state index contributed by atoms with van der Waals surface area (Å²) in [6, 6.07) is 6.85. The molecule has 1 aromatic heterocycles. The van der Waals surface area contributed by atoms with Crippen molar-refractivity contribution < 1.29 is 19.1 Å². The minimum atomic E-state index is -0.487. The molecule has 0 atom stereocenters. The largest absolute Gasteiger partial charge is 0.497 e. The topological polar surface area (TPSA) is 80.8 Å². The summed E-state index contributed by atoms with van der Waals surface area (Å²) in [4.78, 5) is 30.0. The number of esters is 1. The van der Waals surface area contributed by atoms with E-state index in [1.54, 1.807) is 41.7 Å². The molecule has 1 heterocycles. The molecule has 0 radical (unpaired) electrons. The Labute approximate surface area is 150 Å². The standard InChI is InChI=1S/C17H21N3O4S/c1-11(2)20(9-15-19-14(10-25-15)16(21)24-4)17(22)18-12-6-5-7-13(8-12)23-3/h5-8,10-11H,9H2,1-4H3,(H,18,22). The van der Waals surface area contributed by atoms with Crippen LogP contribution >= 0.6 is 11.3 Å². The van der Waals surface area contributed by atoms with Crippen LogP contribution in [0.15, 0.2) is 29.6 Å². The van der Waals surface area contributed by atoms with Crippen molar-refractivity contribution >= 4 is 29.0 Å². The summed E-state index contributed by atoms with van der Waals surface area (Å²) >= 11 is 1.32. The number of anilines is 1. The van der Waals surface area contributed by atoms with Crippen molar-refractivity contribution in [3.63, 3.8) is 0 Å². The normalized spacial score (nSPS) is 10.4. The molecule has 25 heavy (non-hydrogen) atoms. The number of thiazole rings is 1. The molecule has 2 amide bonds. The number of ether oxygens (including phenoxy) is 2. The number of hydrogen-bond acceptors (Lipinski definition) is 6. The predicted octanol–water partition coefficient (Wildman–Crippen LogP) is 3.38. The summed E-state index contributed by atoms with van der Waals surface area (Å²) in [7, 11) is 2.88. The van der Waals surface area contributed by atoms with Gasteiger partial charge in [-0.25, -0.2) is 14.6 Å². The maximum absolute atomic E-state index is 12.6. The lowest BCUT2D eigenvalue weighted by atomic mass is 10.3. The van der Waals surface area contributed by atoms with Crippen molar-refractivity contribution in [1.82, 2.24) is 9.88 Å². The zero-order valence-corrected chi connectivity index (χ0v) is 15.4. The Balaban J connectivity index is 2.10. The maximum Gasteiger partial charge on any atom is 0.357 e. The highest BCUT2D eigenvalue weighted by Crippen LogP contribution is 2.19. The molecule has 134 valence electrons. The highest BCUT2D eigenvalue weighted by atomic mass is 32.1. The second-order valence-electron chi connectivity index (χ2n) is 5.50. The molecule has 0 unspecified atom stereocenters. The van der Waals surface area contributed by atoms with Gasteiger partial charge in [0.15, 0.2) is 5.69 Å². The zero-order valence-electron chi connectivity index (χ0n) is 14.6. The Morgan fingerprint density at radius 3 is 2.72 bits per heavy atom. The third-order valence-corrected chi connectivity index (χ3v) is 4.29. The first-order chi connectivity index (χ1) is 11.9. The van der Waals surface area contributed by atoms with Gasteiger partial charge in [0.2, 0.25) is 0 Å². The van der Waals surface area contributed by atoms with Gasteiger partial charge in [0, 0.05) is 23.2 Å². The van der Waals surface area contributed by atoms with E-state index in [0.29, 0.717) is 23.0 Å². The van der Waals surface area contributed by atoms with Crippen LogP contribution in [0.2, 0.25) is 0 Å². The fourth-order valence-corrected chi connectivity index (χ4v) is 2.87. The van der Waals surface area contributed by atoms with E-state index in [1.165, 1.54) is 18.4 Å². The minimum Gasteiger partial charge on any atom is -0.497 e. The molecule has 2 rings (SSSR count). The summed E-state index contributed by atoms with van der Waals surface area (Å²) in [6.07, 6.45) is 0. The van der Waals surface area contributed by atoms with Crippen LogP contribution in [-0.2, 0) is 11.3 Å². The van der Waals surface area contributed by atoms with E-state index in [-0.39, 0.29) is 17.8 Å². The lowest BCUT2D eigenvalue weighted by Gasteiger charge is -2.26. The number of carbonyl (C=O) groups is 2. The van der Waals surface area contributed by atoms with Gasteiger partial charge in [-0.05, 0) is 26.0 Å². The van der Waals surface area contributed by atoms with E-state index in [2.05, 4.69) is 15.0 Å². The summed E-state index contributed by atoms with van der Waals surface area (Å²) in [5, 5.41) is 5.14. The maximum atomic E-state index is 12.6. The zero-order chi connectivity index (χ0) is 18.4. The van der Waals surface area contributed by atoms with Crippen LogP contribution in [0, 0.1) is 0 Å². The summed E-state index contributed by atoms with van der Waals surface area (Å²) in [5.74, 6) is 0.177. The number of aromatic nitrogens is 1. The first-order valence-corrected chi connectivity index (χ1v) is 8.57. The second kappa shape index (κ2) is 8.48. The summed E-state index contributed by atoms with van der Waals surface area (Å²) in [6.45, 7) is 4.13. The average Bonchev–Trinajstić information content (AvgIpc) is 3.07. The molecule has 1 aromatic carbocycles. The van der Waals surface area contributed by atoms with Crippen molar-refractivity contribution in [2.75, 3.05) is 19.5 Å². The van der Waals surface area contributed by atoms with Crippen molar-refractivity contribution in [1.29, 1.82) is 0 Å². The number of amides is 2. The van der Waals surface area contributed by atoms with Crippen LogP contribution in [0.1, 0.15) is 29.3 Å². The van der Waals surface area contributed by atoms with Gasteiger partial charge in [0.05, 0.1) is 20.8 Å². The van der Waals surface area contributed by atoms with E-state index >= 15 is 0 Å². The summed E-state index contributed by atoms with van der Waals surface area (Å²) < 4.78 is 9.81. The van der Waals surface area contributed by atoms with Gasteiger partial charge in [0.25, 0.3) is 0 Å². The number of carbonyl (C=O) groups excluding carboxylic acids is 2. The SMILES string of the molecule is COC(=O)c1csc(CN(C(=O)Nc2cccc(OC)c2)C(C)C)n1. The Morgan fingerprint density at radius 1 is 1.32 bits per heavy atom.